The zero-order valence-corrected chi connectivity index (χ0v) is 20.5. The van der Waals surface area contributed by atoms with E-state index in [1.165, 1.54) is 21.3 Å². The van der Waals surface area contributed by atoms with Crippen LogP contribution in [0.25, 0.3) is 10.9 Å². The third-order valence-electron chi connectivity index (χ3n) is 7.39. The Morgan fingerprint density at radius 2 is 1.25 bits per heavy atom. The Hall–Kier alpha value is -2.60. The first-order chi connectivity index (χ1) is 15.2. The van der Waals surface area contributed by atoms with Crippen LogP contribution in [0, 0.1) is 0 Å². The molecule has 0 N–H and O–H groups in total. The van der Waals surface area contributed by atoms with Crippen LogP contribution in [0.4, 0.5) is 0 Å². The van der Waals surface area contributed by atoms with Crippen molar-refractivity contribution in [3.63, 3.8) is 0 Å². The number of benzene rings is 3. The molecule has 1 aliphatic heterocycles. The molecule has 0 aliphatic carbocycles. The summed E-state index contributed by atoms with van der Waals surface area (Å²) >= 11 is 0. The summed E-state index contributed by atoms with van der Waals surface area (Å²) < 4.78 is 15.1. The molecular weight excluding hydrogens is 409 g/mol. The van der Waals surface area contributed by atoms with Gasteiger partial charge in [0.1, 0.15) is 0 Å². The molecular formula is C27H30BNO2Si. The van der Waals surface area contributed by atoms with Gasteiger partial charge in [-0.3, -0.25) is 0 Å². The van der Waals surface area contributed by atoms with Gasteiger partial charge < -0.3 is 13.5 Å². The van der Waals surface area contributed by atoms with E-state index in [9.17, 15) is 0 Å². The third kappa shape index (κ3) is 3.27. The number of hydrogen-bond donors (Lipinski definition) is 0. The highest BCUT2D eigenvalue weighted by Crippen LogP contribution is 2.36. The molecule has 3 aromatic carbocycles. The van der Waals surface area contributed by atoms with Crippen molar-refractivity contribution in [1.82, 2.24) is 4.23 Å². The first-order valence-electron chi connectivity index (χ1n) is 11.3. The van der Waals surface area contributed by atoms with E-state index in [1.54, 1.807) is 0 Å². The van der Waals surface area contributed by atoms with Gasteiger partial charge in [0.05, 0.1) is 11.2 Å². The van der Waals surface area contributed by atoms with Gasteiger partial charge in [-0.05, 0) is 73.8 Å². The van der Waals surface area contributed by atoms with Crippen molar-refractivity contribution in [2.45, 2.75) is 45.4 Å². The van der Waals surface area contributed by atoms with E-state index in [0.717, 1.165) is 5.46 Å². The van der Waals surface area contributed by atoms with Crippen LogP contribution in [0.15, 0.2) is 91.1 Å². The van der Waals surface area contributed by atoms with Gasteiger partial charge in [-0.1, -0.05) is 72.8 Å². The largest absolute Gasteiger partial charge is 0.494 e. The van der Waals surface area contributed by atoms with Crippen molar-refractivity contribution in [3.8, 4) is 0 Å². The second-order valence-electron chi connectivity index (χ2n) is 9.90. The Morgan fingerprint density at radius 3 is 1.78 bits per heavy atom. The third-order valence-corrected chi connectivity index (χ3v) is 11.7. The molecule has 1 saturated heterocycles. The molecule has 0 saturated carbocycles. The zero-order valence-electron chi connectivity index (χ0n) is 19.5. The minimum absolute atomic E-state index is 0.343. The summed E-state index contributed by atoms with van der Waals surface area (Å²) in [5.41, 5.74) is 1.62. The summed E-state index contributed by atoms with van der Waals surface area (Å²) in [6.45, 7) is 10.8. The first kappa shape index (κ1) is 21.3. The molecule has 5 heteroatoms. The maximum Gasteiger partial charge on any atom is 0.494 e. The smallest absolute Gasteiger partial charge is 0.399 e. The summed E-state index contributed by atoms with van der Waals surface area (Å²) in [5, 5.41) is 3.99. The summed E-state index contributed by atoms with van der Waals surface area (Å²) in [6, 6.07) is 30.7. The molecule has 5 rings (SSSR count). The Labute approximate surface area is 192 Å². The second-order valence-corrected chi connectivity index (χ2v) is 13.7. The molecule has 0 atom stereocenters. The molecule has 0 radical (unpaired) electrons. The SMILES string of the molecule is CC1(C)OB(c2ccc3c(ccn3[Si](C)(c3ccccc3)c3ccccc3)c2)OC1(C)C. The van der Waals surface area contributed by atoms with Gasteiger partial charge in [0.15, 0.2) is 0 Å². The molecule has 2 heterocycles. The van der Waals surface area contributed by atoms with E-state index in [4.69, 9.17) is 9.31 Å². The van der Waals surface area contributed by atoms with E-state index in [2.05, 4.69) is 130 Å². The monoisotopic (exact) mass is 439 g/mol. The summed E-state index contributed by atoms with van der Waals surface area (Å²) in [7, 11) is -2.58. The fraction of sp³-hybridized carbons (Fsp3) is 0.259. The predicted molar refractivity (Wildman–Crippen MR) is 137 cm³/mol. The van der Waals surface area contributed by atoms with Gasteiger partial charge in [-0.15, -0.1) is 0 Å². The van der Waals surface area contributed by atoms with Crippen LogP contribution in [0.3, 0.4) is 0 Å². The molecule has 0 unspecified atom stereocenters. The van der Waals surface area contributed by atoms with Gasteiger partial charge in [-0.25, -0.2) is 0 Å². The number of fused-ring (bicyclic) bond motifs is 1. The fourth-order valence-electron chi connectivity index (χ4n) is 4.65. The minimum atomic E-state index is -2.23. The topological polar surface area (TPSA) is 23.4 Å². The quantitative estimate of drug-likeness (QED) is 0.446. The van der Waals surface area contributed by atoms with Gasteiger partial charge in [0, 0.05) is 5.52 Å². The van der Waals surface area contributed by atoms with Gasteiger partial charge in [0.2, 0.25) is 8.24 Å². The highest BCUT2D eigenvalue weighted by molar-refractivity contribution is 7.00. The van der Waals surface area contributed by atoms with Crippen molar-refractivity contribution in [1.29, 1.82) is 0 Å². The molecule has 32 heavy (non-hydrogen) atoms. The lowest BCUT2D eigenvalue weighted by molar-refractivity contribution is 0.00578. The predicted octanol–water partition coefficient (Wildman–Crippen LogP) is 4.18. The van der Waals surface area contributed by atoms with Gasteiger partial charge in [-0.2, -0.15) is 0 Å². The number of aromatic nitrogens is 1. The Balaban J connectivity index is 1.61. The van der Waals surface area contributed by atoms with Gasteiger partial charge in [0.25, 0.3) is 0 Å². The highest BCUT2D eigenvalue weighted by atomic mass is 28.3. The molecule has 0 bridgehead atoms. The lowest BCUT2D eigenvalue weighted by Gasteiger charge is -2.32. The van der Waals surface area contributed by atoms with Crippen LogP contribution in [0.1, 0.15) is 27.7 Å². The Kier molecular flexibility index (Phi) is 4.97. The van der Waals surface area contributed by atoms with E-state index in [-0.39, 0.29) is 18.3 Å². The van der Waals surface area contributed by atoms with E-state index in [1.807, 2.05) is 0 Å². The van der Waals surface area contributed by atoms with Crippen molar-refractivity contribution >= 4 is 42.1 Å². The second kappa shape index (κ2) is 7.48. The zero-order chi connectivity index (χ0) is 22.6. The van der Waals surface area contributed by atoms with E-state index >= 15 is 0 Å². The number of nitrogens with zero attached hydrogens (tertiary/aromatic N) is 1. The molecule has 1 aliphatic rings. The molecule has 3 nitrogen and oxygen atoms in total. The average Bonchev–Trinajstić information content (AvgIpc) is 3.31. The van der Waals surface area contributed by atoms with Crippen LogP contribution < -0.4 is 15.8 Å². The van der Waals surface area contributed by atoms with Crippen LogP contribution in [0.5, 0.6) is 0 Å². The van der Waals surface area contributed by atoms with E-state index < -0.39 is 8.24 Å². The first-order valence-corrected chi connectivity index (χ1v) is 13.8. The summed E-state index contributed by atoms with van der Waals surface area (Å²) in [5.74, 6) is 0. The fourth-order valence-corrected chi connectivity index (χ4v) is 8.28. The number of hydrogen-bond acceptors (Lipinski definition) is 2. The lowest BCUT2D eigenvalue weighted by atomic mass is 9.79. The normalized spacial score (nSPS) is 17.7. The Bertz CT molecular complexity index is 1200. The van der Waals surface area contributed by atoms with Crippen molar-refractivity contribution < 1.29 is 9.31 Å². The van der Waals surface area contributed by atoms with Crippen molar-refractivity contribution in [2.24, 2.45) is 0 Å². The average molecular weight is 439 g/mol. The van der Waals surface area contributed by atoms with E-state index in [0.29, 0.717) is 0 Å². The maximum absolute atomic E-state index is 6.29. The van der Waals surface area contributed by atoms with Crippen molar-refractivity contribution in [3.05, 3.63) is 91.1 Å². The standard InChI is InChI=1S/C27H30BNO2Si/c1-26(2)27(3,4)31-28(30-26)22-16-17-25-21(20-22)18-19-29(25)32(5,23-12-8-6-9-13-23)24-14-10-7-11-15-24/h6-20H,1-5H3. The summed E-state index contributed by atoms with van der Waals surface area (Å²) in [6.07, 6.45) is 2.25. The van der Waals surface area contributed by atoms with Crippen LogP contribution in [-0.2, 0) is 9.31 Å². The molecule has 0 spiro atoms. The minimum Gasteiger partial charge on any atom is -0.399 e. The van der Waals surface area contributed by atoms with Crippen molar-refractivity contribution in [2.75, 3.05) is 0 Å². The highest BCUT2D eigenvalue weighted by Gasteiger charge is 2.51. The molecule has 0 amide bonds. The molecule has 4 aromatic rings. The number of rotatable bonds is 4. The Morgan fingerprint density at radius 1 is 0.719 bits per heavy atom. The molecule has 1 fully saturated rings. The lowest BCUT2D eigenvalue weighted by Crippen LogP contribution is -2.61. The summed E-state index contributed by atoms with van der Waals surface area (Å²) in [4.78, 5) is 0. The molecule has 162 valence electrons. The van der Waals surface area contributed by atoms with Crippen LogP contribution in [0.2, 0.25) is 6.55 Å². The maximum atomic E-state index is 6.29. The van der Waals surface area contributed by atoms with Crippen LogP contribution >= 0.6 is 0 Å². The van der Waals surface area contributed by atoms with Crippen LogP contribution in [-0.4, -0.2) is 30.8 Å². The molecule has 1 aromatic heterocycles. The van der Waals surface area contributed by atoms with Gasteiger partial charge >= 0.3 is 7.12 Å².